The van der Waals surface area contributed by atoms with E-state index in [4.69, 9.17) is 0 Å². The number of nitrogens with one attached hydrogen (secondary N) is 4. The topological polar surface area (TPSA) is 198 Å². The van der Waals surface area contributed by atoms with Crippen LogP contribution in [0.1, 0.15) is 35.6 Å². The smallest absolute Gasteiger partial charge is 0.260 e. The Balaban J connectivity index is 1.03. The van der Waals surface area contributed by atoms with Crippen LogP contribution in [-0.2, 0) is 32.6 Å². The molecule has 0 aliphatic carbocycles. The lowest BCUT2D eigenvalue weighted by molar-refractivity contribution is -0.134. The van der Waals surface area contributed by atoms with Crippen LogP contribution in [0.15, 0.2) is 60.7 Å². The van der Waals surface area contributed by atoms with E-state index in [0.717, 1.165) is 33.4 Å². The summed E-state index contributed by atoms with van der Waals surface area (Å²) < 4.78 is 40.1. The number of nitrogens with zero attached hydrogens (tertiary/aromatic N) is 3. The number of aromatic nitrogens is 2. The maximum Gasteiger partial charge on any atom is 0.260 e. The number of phenolic OH excluding ortho intramolecular Hbond substituents is 1. The third-order valence-corrected chi connectivity index (χ3v) is 10.2. The number of anilines is 4. The van der Waals surface area contributed by atoms with E-state index >= 15 is 4.39 Å². The lowest BCUT2D eigenvalue weighted by Crippen LogP contribution is -2.39. The summed E-state index contributed by atoms with van der Waals surface area (Å²) in [5, 5.41) is 24.9. The van der Waals surface area contributed by atoms with Gasteiger partial charge in [-0.05, 0) is 89.4 Å². The van der Waals surface area contributed by atoms with E-state index < -0.39 is 46.6 Å². The molecular weight excluding hydrogens is 669 g/mol. The molecule has 1 unspecified atom stereocenters. The number of piperidine rings is 1. The molecule has 0 saturated carbocycles. The van der Waals surface area contributed by atoms with Gasteiger partial charge >= 0.3 is 0 Å². The summed E-state index contributed by atoms with van der Waals surface area (Å²) in [5.41, 5.74) is 4.58. The molecule has 1 atom stereocenters. The number of aryl methyl sites for hydroxylation is 2. The van der Waals surface area contributed by atoms with Crippen LogP contribution < -0.4 is 25.0 Å². The second kappa shape index (κ2) is 12.3. The van der Waals surface area contributed by atoms with E-state index in [1.807, 2.05) is 48.0 Å². The number of rotatable bonds is 7. The number of phenols is 1. The Kier molecular flexibility index (Phi) is 8.08. The molecule has 2 aliphatic heterocycles. The average Bonchev–Trinajstić information content (AvgIpc) is 3.51. The highest BCUT2D eigenvalue weighted by atomic mass is 32.3. The molecule has 16 heteroatoms. The van der Waals surface area contributed by atoms with Gasteiger partial charge in [0, 0.05) is 41.3 Å². The van der Waals surface area contributed by atoms with Crippen LogP contribution in [0.5, 0.6) is 5.75 Å². The summed E-state index contributed by atoms with van der Waals surface area (Å²) >= 11 is 0. The maximum absolute atomic E-state index is 15.5. The fraction of sp³-hybridized carbons (Fsp3) is 0.206. The molecule has 50 heavy (non-hydrogen) atoms. The van der Waals surface area contributed by atoms with Gasteiger partial charge in [0.25, 0.3) is 5.91 Å². The second-order valence-electron chi connectivity index (χ2n) is 12.3. The number of hydrogen-bond acceptors (Lipinski definition) is 10. The van der Waals surface area contributed by atoms with Gasteiger partial charge < -0.3 is 15.7 Å². The van der Waals surface area contributed by atoms with Crippen LogP contribution >= 0.6 is 11.0 Å². The Morgan fingerprint density at radius 2 is 1.78 bits per heavy atom. The van der Waals surface area contributed by atoms with Crippen molar-refractivity contribution in [2.24, 2.45) is 7.05 Å². The van der Waals surface area contributed by atoms with Gasteiger partial charge in [-0.1, -0.05) is 12.1 Å². The first kappa shape index (κ1) is 32.8. The number of amides is 4. The highest BCUT2D eigenvalue weighted by Gasteiger charge is 2.38. The molecule has 3 heterocycles. The Labute approximate surface area is 285 Å². The van der Waals surface area contributed by atoms with Crippen molar-refractivity contribution in [3.8, 4) is 5.75 Å². The second-order valence-corrected chi connectivity index (χ2v) is 14.0. The van der Waals surface area contributed by atoms with E-state index in [-0.39, 0.29) is 41.3 Å². The number of halogens is 1. The Morgan fingerprint density at radius 1 is 1.02 bits per heavy atom. The standard InChI is InChI=1S/C34H32FN7O7S/c1-17-11-18(3-9-25(17)36-21-5-7-23-26(15-21)41(2)39-32(23)24-8-10-28(44)38-34(24)47)12-29(45)37-20-4-6-22-19(13-20)14-27(43)33(31(22)35)42-16-30(46)40-50(42,48)49/h3-7,9,11,13-15,24,36,43,48-49H,8,10,12,16H2,1-2H3,(H,37,45)(H,40,46)(H,38,44,47). The zero-order valence-corrected chi connectivity index (χ0v) is 27.6. The lowest BCUT2D eigenvalue weighted by atomic mass is 9.93. The summed E-state index contributed by atoms with van der Waals surface area (Å²) in [6.07, 6.45) is 0.732. The molecule has 4 amide bonds. The third kappa shape index (κ3) is 6.04. The predicted molar refractivity (Wildman–Crippen MR) is 187 cm³/mol. The van der Waals surface area contributed by atoms with Crippen LogP contribution in [0.4, 0.5) is 27.1 Å². The average molecular weight is 702 g/mol. The number of carbonyl (C=O) groups is 4. The van der Waals surface area contributed by atoms with Gasteiger partial charge in [-0.15, -0.1) is 0 Å². The van der Waals surface area contributed by atoms with Gasteiger partial charge in [-0.3, -0.25) is 38.3 Å². The van der Waals surface area contributed by atoms with E-state index in [1.54, 1.807) is 11.7 Å². The first-order valence-electron chi connectivity index (χ1n) is 15.6. The van der Waals surface area contributed by atoms with Gasteiger partial charge in [0.1, 0.15) is 18.0 Å². The third-order valence-electron chi connectivity index (χ3n) is 8.79. The number of carbonyl (C=O) groups excluding carboxylic acids is 4. The molecule has 1 aromatic heterocycles. The fourth-order valence-corrected chi connectivity index (χ4v) is 7.62. The summed E-state index contributed by atoms with van der Waals surface area (Å²) in [4.78, 5) is 48.8. The summed E-state index contributed by atoms with van der Waals surface area (Å²) in [5.74, 6) is -3.71. The van der Waals surface area contributed by atoms with Crippen molar-refractivity contribution >= 4 is 79.0 Å². The van der Waals surface area contributed by atoms with Crippen molar-refractivity contribution in [3.05, 3.63) is 83.3 Å². The molecule has 2 aliphatic rings. The summed E-state index contributed by atoms with van der Waals surface area (Å²) in [6, 6.07) is 16.9. The van der Waals surface area contributed by atoms with Gasteiger partial charge in [0.05, 0.1) is 23.5 Å². The molecule has 4 aromatic carbocycles. The van der Waals surface area contributed by atoms with E-state index in [2.05, 4.69) is 21.0 Å². The minimum atomic E-state index is -3.84. The molecule has 2 saturated heterocycles. The van der Waals surface area contributed by atoms with Crippen LogP contribution in [0.3, 0.4) is 0 Å². The largest absolute Gasteiger partial charge is 0.506 e. The number of aromatic hydroxyl groups is 1. The van der Waals surface area contributed by atoms with Gasteiger partial charge in [-0.25, -0.2) is 13.4 Å². The zero-order chi connectivity index (χ0) is 35.5. The molecule has 0 radical (unpaired) electrons. The van der Waals surface area contributed by atoms with Crippen molar-refractivity contribution in [1.29, 1.82) is 0 Å². The lowest BCUT2D eigenvalue weighted by Gasteiger charge is -2.36. The molecule has 14 nitrogen and oxygen atoms in total. The molecule has 0 bridgehead atoms. The molecule has 258 valence electrons. The normalized spacial score (nSPS) is 17.9. The van der Waals surface area contributed by atoms with Crippen molar-refractivity contribution in [1.82, 2.24) is 19.8 Å². The summed E-state index contributed by atoms with van der Waals surface area (Å²) in [7, 11) is -2.04. The molecule has 5 aromatic rings. The monoisotopic (exact) mass is 701 g/mol. The zero-order valence-electron chi connectivity index (χ0n) is 26.8. The fourth-order valence-electron chi connectivity index (χ4n) is 6.42. The van der Waals surface area contributed by atoms with Gasteiger partial charge in [-0.2, -0.15) is 5.10 Å². The quantitative estimate of drug-likeness (QED) is 0.115. The molecular formula is C34H32FN7O7S. The number of fused-ring (bicyclic) bond motifs is 2. The summed E-state index contributed by atoms with van der Waals surface area (Å²) in [6.45, 7) is 1.37. The Bertz CT molecular complexity index is 2270. The van der Waals surface area contributed by atoms with Gasteiger partial charge in [0.2, 0.25) is 17.7 Å². The highest BCUT2D eigenvalue weighted by Crippen LogP contribution is 2.50. The van der Waals surface area contributed by atoms with E-state index in [9.17, 15) is 33.4 Å². The van der Waals surface area contributed by atoms with E-state index in [0.29, 0.717) is 22.1 Å². The van der Waals surface area contributed by atoms with Crippen LogP contribution in [-0.4, -0.2) is 54.2 Å². The number of imide groups is 1. The van der Waals surface area contributed by atoms with Crippen LogP contribution in [0, 0.1) is 12.7 Å². The van der Waals surface area contributed by atoms with Crippen LogP contribution in [0.2, 0.25) is 0 Å². The maximum atomic E-state index is 15.5. The van der Waals surface area contributed by atoms with E-state index in [1.165, 1.54) is 24.3 Å². The number of benzene rings is 4. The molecule has 7 N–H and O–H groups in total. The Morgan fingerprint density at radius 3 is 2.50 bits per heavy atom. The first-order chi connectivity index (χ1) is 23.8. The minimum absolute atomic E-state index is 0.0429. The highest BCUT2D eigenvalue weighted by molar-refractivity contribution is 8.24. The first-order valence-corrected chi connectivity index (χ1v) is 17.1. The predicted octanol–water partition coefficient (Wildman–Crippen LogP) is 4.84. The SMILES string of the molecule is Cc1cc(CC(=O)Nc2ccc3c(F)c(N4CC(=O)NS4(O)O)c(O)cc3c2)ccc1Nc1ccc2c(C3CCC(=O)NC3=O)nn(C)c2c1. The number of hydrogen-bond donors (Lipinski definition) is 7. The van der Waals surface area contributed by atoms with Crippen LogP contribution in [0.25, 0.3) is 21.7 Å². The van der Waals surface area contributed by atoms with Crippen molar-refractivity contribution in [2.45, 2.75) is 32.1 Å². The molecule has 7 rings (SSSR count). The van der Waals surface area contributed by atoms with Crippen molar-refractivity contribution < 1.29 is 37.8 Å². The van der Waals surface area contributed by atoms with Gasteiger partial charge in [0.15, 0.2) is 5.82 Å². The van der Waals surface area contributed by atoms with Crippen molar-refractivity contribution in [2.75, 3.05) is 21.5 Å². The minimum Gasteiger partial charge on any atom is -0.506 e. The molecule has 0 spiro atoms. The Hall–Kier alpha value is -5.71. The molecule has 2 fully saturated rings. The van der Waals surface area contributed by atoms with Crippen molar-refractivity contribution in [3.63, 3.8) is 0 Å².